The molecule has 150 valence electrons. The summed E-state index contributed by atoms with van der Waals surface area (Å²) in [4.78, 5) is 24.1. The van der Waals surface area contributed by atoms with Crippen molar-refractivity contribution in [2.75, 3.05) is 5.32 Å². The maximum atomic E-state index is 11.2. The SMILES string of the molecule is Cc1cc(Nc2ncc3cc(OCc4ccnc(C(N)=O)c4)ccc3n2)ccc1Cl. The van der Waals surface area contributed by atoms with Crippen LogP contribution in [-0.4, -0.2) is 20.9 Å². The lowest BCUT2D eigenvalue weighted by Crippen LogP contribution is -2.13. The number of ether oxygens (including phenoxy) is 1. The fourth-order valence-corrected chi connectivity index (χ4v) is 3.00. The summed E-state index contributed by atoms with van der Waals surface area (Å²) in [7, 11) is 0. The summed E-state index contributed by atoms with van der Waals surface area (Å²) in [6, 6.07) is 14.6. The molecule has 0 fully saturated rings. The number of primary amides is 1. The summed E-state index contributed by atoms with van der Waals surface area (Å²) in [5.74, 6) is 0.587. The molecule has 0 radical (unpaired) electrons. The summed E-state index contributed by atoms with van der Waals surface area (Å²) >= 11 is 6.07. The molecule has 2 aromatic heterocycles. The van der Waals surface area contributed by atoms with E-state index < -0.39 is 5.91 Å². The molecule has 3 N–H and O–H groups in total. The maximum Gasteiger partial charge on any atom is 0.267 e. The van der Waals surface area contributed by atoms with Gasteiger partial charge in [-0.05, 0) is 66.6 Å². The van der Waals surface area contributed by atoms with E-state index >= 15 is 0 Å². The molecule has 4 rings (SSSR count). The minimum absolute atomic E-state index is 0.207. The number of nitrogens with one attached hydrogen (secondary N) is 1. The van der Waals surface area contributed by atoms with Crippen LogP contribution in [0.1, 0.15) is 21.6 Å². The molecule has 0 bridgehead atoms. The third kappa shape index (κ3) is 4.47. The molecule has 8 heteroatoms. The third-order valence-electron chi connectivity index (χ3n) is 4.45. The monoisotopic (exact) mass is 419 g/mol. The van der Waals surface area contributed by atoms with Crippen molar-refractivity contribution in [2.45, 2.75) is 13.5 Å². The lowest BCUT2D eigenvalue weighted by Gasteiger charge is -2.09. The zero-order chi connectivity index (χ0) is 21.1. The Morgan fingerprint density at radius 2 is 2.00 bits per heavy atom. The van der Waals surface area contributed by atoms with Gasteiger partial charge in [0.15, 0.2) is 0 Å². The van der Waals surface area contributed by atoms with Crippen LogP contribution in [-0.2, 0) is 6.61 Å². The van der Waals surface area contributed by atoms with Crippen molar-refractivity contribution >= 4 is 40.0 Å². The van der Waals surface area contributed by atoms with Gasteiger partial charge in [0.1, 0.15) is 18.1 Å². The zero-order valence-corrected chi connectivity index (χ0v) is 16.8. The number of aryl methyl sites for hydroxylation is 1. The Labute approximate surface area is 177 Å². The second-order valence-electron chi connectivity index (χ2n) is 6.71. The number of benzene rings is 2. The Balaban J connectivity index is 1.48. The van der Waals surface area contributed by atoms with E-state index in [1.807, 2.05) is 43.3 Å². The first-order valence-electron chi connectivity index (χ1n) is 9.15. The van der Waals surface area contributed by atoms with Crippen LogP contribution in [0.2, 0.25) is 5.02 Å². The summed E-state index contributed by atoms with van der Waals surface area (Å²) in [5, 5.41) is 4.74. The predicted octanol–water partition coefficient (Wildman–Crippen LogP) is 4.41. The highest BCUT2D eigenvalue weighted by atomic mass is 35.5. The number of pyridine rings is 1. The quantitative estimate of drug-likeness (QED) is 0.480. The lowest BCUT2D eigenvalue weighted by molar-refractivity contribution is 0.0995. The van der Waals surface area contributed by atoms with Crippen LogP contribution >= 0.6 is 11.6 Å². The van der Waals surface area contributed by atoms with E-state index in [-0.39, 0.29) is 12.3 Å². The van der Waals surface area contributed by atoms with E-state index in [9.17, 15) is 4.79 Å². The topological polar surface area (TPSA) is 103 Å². The smallest absolute Gasteiger partial charge is 0.267 e. The molecule has 0 aliphatic heterocycles. The van der Waals surface area contributed by atoms with Crippen LogP contribution in [0, 0.1) is 6.92 Å². The number of nitrogens with two attached hydrogens (primary N) is 1. The van der Waals surface area contributed by atoms with Gasteiger partial charge >= 0.3 is 0 Å². The third-order valence-corrected chi connectivity index (χ3v) is 4.87. The predicted molar refractivity (Wildman–Crippen MR) is 116 cm³/mol. The minimum Gasteiger partial charge on any atom is -0.489 e. The van der Waals surface area contributed by atoms with Gasteiger partial charge in [0, 0.05) is 28.5 Å². The molecule has 0 unspecified atom stereocenters. The van der Waals surface area contributed by atoms with Gasteiger partial charge in [-0.2, -0.15) is 0 Å². The molecule has 0 saturated heterocycles. The highest BCUT2D eigenvalue weighted by molar-refractivity contribution is 6.31. The van der Waals surface area contributed by atoms with Gasteiger partial charge in [0.25, 0.3) is 5.91 Å². The summed E-state index contributed by atoms with van der Waals surface area (Å²) in [5.41, 5.74) is 8.89. The molecule has 0 atom stereocenters. The Bertz CT molecular complexity index is 1250. The van der Waals surface area contributed by atoms with Gasteiger partial charge in [-0.3, -0.25) is 9.78 Å². The molecule has 7 nitrogen and oxygen atoms in total. The molecule has 4 aromatic rings. The number of amides is 1. The van der Waals surface area contributed by atoms with Crippen molar-refractivity contribution < 1.29 is 9.53 Å². The van der Waals surface area contributed by atoms with Crippen LogP contribution in [0.3, 0.4) is 0 Å². The fraction of sp³-hybridized carbons (Fsp3) is 0.0909. The molecule has 2 aromatic carbocycles. The molecule has 0 aliphatic carbocycles. The van der Waals surface area contributed by atoms with E-state index in [0.717, 1.165) is 27.7 Å². The van der Waals surface area contributed by atoms with Gasteiger partial charge in [0.2, 0.25) is 5.95 Å². The number of nitrogens with zero attached hydrogens (tertiary/aromatic N) is 3. The van der Waals surface area contributed by atoms with Gasteiger partial charge in [-0.1, -0.05) is 11.6 Å². The average Bonchev–Trinajstić information content (AvgIpc) is 2.75. The van der Waals surface area contributed by atoms with Crippen LogP contribution < -0.4 is 15.8 Å². The van der Waals surface area contributed by atoms with Crippen molar-refractivity contribution in [1.29, 1.82) is 0 Å². The van der Waals surface area contributed by atoms with Crippen molar-refractivity contribution in [3.8, 4) is 5.75 Å². The Morgan fingerprint density at radius 3 is 2.80 bits per heavy atom. The molecule has 0 spiro atoms. The highest BCUT2D eigenvalue weighted by Crippen LogP contribution is 2.24. The van der Waals surface area contributed by atoms with Crippen LogP contribution in [0.15, 0.2) is 60.9 Å². The van der Waals surface area contributed by atoms with Crippen LogP contribution in [0.4, 0.5) is 11.6 Å². The molecule has 30 heavy (non-hydrogen) atoms. The Kier molecular flexibility index (Phi) is 5.45. The zero-order valence-electron chi connectivity index (χ0n) is 16.1. The molecular formula is C22H18ClN5O2. The average molecular weight is 420 g/mol. The number of rotatable bonds is 6. The summed E-state index contributed by atoms with van der Waals surface area (Å²) < 4.78 is 5.82. The van der Waals surface area contributed by atoms with Gasteiger partial charge < -0.3 is 15.8 Å². The minimum atomic E-state index is -0.571. The van der Waals surface area contributed by atoms with E-state index in [4.69, 9.17) is 22.1 Å². The highest BCUT2D eigenvalue weighted by Gasteiger charge is 2.06. The molecule has 0 aliphatic rings. The molecular weight excluding hydrogens is 402 g/mol. The largest absolute Gasteiger partial charge is 0.489 e. The number of fused-ring (bicyclic) bond motifs is 1. The molecule has 0 saturated carbocycles. The van der Waals surface area contributed by atoms with Gasteiger partial charge in [-0.15, -0.1) is 0 Å². The first-order chi connectivity index (χ1) is 14.5. The summed E-state index contributed by atoms with van der Waals surface area (Å²) in [6.07, 6.45) is 3.27. The normalized spacial score (nSPS) is 10.7. The standard InChI is InChI=1S/C22H18ClN5O2/c1-13-8-16(2-4-18(13)23)27-22-26-11-15-10-17(3-5-19(15)28-22)30-12-14-6-7-25-20(9-14)21(24)29/h2-11H,12H2,1H3,(H2,24,29)(H,26,27,28). The van der Waals surface area contributed by atoms with Crippen molar-refractivity contribution in [3.05, 3.63) is 82.8 Å². The number of carbonyl (C=O) groups is 1. The number of aromatic nitrogens is 3. The number of hydrogen-bond donors (Lipinski definition) is 2. The molecule has 2 heterocycles. The second kappa shape index (κ2) is 8.34. The Hall–Kier alpha value is -3.71. The second-order valence-corrected chi connectivity index (χ2v) is 7.11. The van der Waals surface area contributed by atoms with Crippen molar-refractivity contribution in [2.24, 2.45) is 5.73 Å². The molecule has 1 amide bonds. The Morgan fingerprint density at radius 1 is 1.13 bits per heavy atom. The van der Waals surface area contributed by atoms with Crippen molar-refractivity contribution in [3.63, 3.8) is 0 Å². The maximum absolute atomic E-state index is 11.2. The van der Waals surface area contributed by atoms with E-state index in [1.54, 1.807) is 18.3 Å². The van der Waals surface area contributed by atoms with Crippen molar-refractivity contribution in [1.82, 2.24) is 15.0 Å². The van der Waals surface area contributed by atoms with Crippen LogP contribution in [0.5, 0.6) is 5.75 Å². The number of carbonyl (C=O) groups excluding carboxylic acids is 1. The number of hydrogen-bond acceptors (Lipinski definition) is 6. The first-order valence-corrected chi connectivity index (χ1v) is 9.53. The van der Waals surface area contributed by atoms with Crippen LogP contribution in [0.25, 0.3) is 10.9 Å². The summed E-state index contributed by atoms with van der Waals surface area (Å²) in [6.45, 7) is 2.22. The van der Waals surface area contributed by atoms with E-state index in [0.29, 0.717) is 16.7 Å². The van der Waals surface area contributed by atoms with E-state index in [2.05, 4.69) is 20.3 Å². The number of anilines is 2. The van der Waals surface area contributed by atoms with Gasteiger partial charge in [0.05, 0.1) is 5.52 Å². The fourth-order valence-electron chi connectivity index (χ4n) is 2.88. The number of halogens is 1. The first kappa shape index (κ1) is 19.6. The van der Waals surface area contributed by atoms with Gasteiger partial charge in [-0.25, -0.2) is 9.97 Å². The van der Waals surface area contributed by atoms with E-state index in [1.165, 1.54) is 6.20 Å². The lowest BCUT2D eigenvalue weighted by atomic mass is 10.2.